The maximum atomic E-state index is 10.1. The zero-order chi connectivity index (χ0) is 11.9. The highest BCUT2D eigenvalue weighted by Crippen LogP contribution is 2.54. The lowest BCUT2D eigenvalue weighted by Crippen LogP contribution is -2.19. The molecule has 88 valence electrons. The summed E-state index contributed by atoms with van der Waals surface area (Å²) in [7, 11) is 2.95. The summed E-state index contributed by atoms with van der Waals surface area (Å²) in [6, 6.07) is 1.61. The first-order valence-corrected chi connectivity index (χ1v) is 5.34. The van der Waals surface area contributed by atoms with Crippen molar-refractivity contribution >= 4 is 11.6 Å². The summed E-state index contributed by atoms with van der Waals surface area (Å²) in [5.74, 6) is 0.656. The fourth-order valence-corrected chi connectivity index (χ4v) is 2.18. The van der Waals surface area contributed by atoms with Crippen molar-refractivity contribution in [3.8, 4) is 17.2 Å². The van der Waals surface area contributed by atoms with Gasteiger partial charge in [-0.1, -0.05) is 11.6 Å². The molecule has 0 aromatic heterocycles. The lowest BCUT2D eigenvalue weighted by atomic mass is 10.0. The van der Waals surface area contributed by atoms with Gasteiger partial charge in [0.05, 0.1) is 19.2 Å². The van der Waals surface area contributed by atoms with Crippen molar-refractivity contribution in [2.45, 2.75) is 18.4 Å². The smallest absolute Gasteiger partial charge is 0.203 e. The molecule has 1 aromatic carbocycles. The van der Waals surface area contributed by atoms with E-state index in [4.69, 9.17) is 26.8 Å². The molecule has 0 heterocycles. The van der Waals surface area contributed by atoms with Gasteiger partial charge in [-0.25, -0.2) is 0 Å². The molecule has 1 fully saturated rings. The summed E-state index contributed by atoms with van der Waals surface area (Å²) < 4.78 is 10.2. The van der Waals surface area contributed by atoms with Crippen molar-refractivity contribution in [1.82, 2.24) is 0 Å². The molecule has 0 radical (unpaired) electrons. The van der Waals surface area contributed by atoms with E-state index in [1.165, 1.54) is 14.2 Å². The summed E-state index contributed by atoms with van der Waals surface area (Å²) in [5, 5.41) is 10.5. The number of phenolic OH excluding ortho intramolecular Hbond substituents is 1. The van der Waals surface area contributed by atoms with Gasteiger partial charge in [0.15, 0.2) is 11.5 Å². The Hall–Kier alpha value is -1.13. The molecular weight excluding hydrogens is 230 g/mol. The molecule has 1 aliphatic rings. The number of phenols is 1. The molecule has 4 nitrogen and oxygen atoms in total. The Morgan fingerprint density at radius 2 is 2.00 bits per heavy atom. The predicted octanol–water partition coefficient (Wildman–Crippen LogP) is 2.01. The van der Waals surface area contributed by atoms with Gasteiger partial charge in [-0.2, -0.15) is 0 Å². The molecular formula is C11H14ClNO3. The average Bonchev–Trinajstić information content (AvgIpc) is 2.96. The Morgan fingerprint density at radius 1 is 1.38 bits per heavy atom. The lowest BCUT2D eigenvalue weighted by molar-refractivity contribution is 0.330. The molecule has 5 heteroatoms. The number of hydrogen-bond acceptors (Lipinski definition) is 4. The fourth-order valence-electron chi connectivity index (χ4n) is 1.80. The van der Waals surface area contributed by atoms with Crippen molar-refractivity contribution < 1.29 is 14.6 Å². The molecule has 0 aliphatic heterocycles. The quantitative estimate of drug-likeness (QED) is 0.853. The highest BCUT2D eigenvalue weighted by atomic mass is 35.5. The summed E-state index contributed by atoms with van der Waals surface area (Å²) >= 11 is 6.09. The minimum atomic E-state index is -0.513. The average molecular weight is 244 g/mol. The van der Waals surface area contributed by atoms with Gasteiger partial charge in [0, 0.05) is 17.2 Å². The van der Waals surface area contributed by atoms with Crippen molar-refractivity contribution in [2.24, 2.45) is 5.73 Å². The van der Waals surface area contributed by atoms with Gasteiger partial charge in [0.1, 0.15) is 0 Å². The number of nitrogens with two attached hydrogens (primary N) is 1. The Bertz CT molecular complexity index is 430. The van der Waals surface area contributed by atoms with Gasteiger partial charge in [-0.05, 0) is 12.8 Å². The number of benzene rings is 1. The molecule has 2 rings (SSSR count). The third-order valence-electron chi connectivity index (χ3n) is 2.88. The Morgan fingerprint density at radius 3 is 2.44 bits per heavy atom. The minimum absolute atomic E-state index is 0.0214. The Kier molecular flexibility index (Phi) is 2.64. The second kappa shape index (κ2) is 3.71. The lowest BCUT2D eigenvalue weighted by Gasteiger charge is -2.18. The maximum absolute atomic E-state index is 10.1. The van der Waals surface area contributed by atoms with Gasteiger partial charge in [0.25, 0.3) is 0 Å². The molecule has 1 saturated carbocycles. The molecule has 0 amide bonds. The normalized spacial score (nSPS) is 17.0. The Balaban J connectivity index is 2.62. The minimum Gasteiger partial charge on any atom is -0.504 e. The van der Waals surface area contributed by atoms with Gasteiger partial charge in [-0.15, -0.1) is 0 Å². The first-order chi connectivity index (χ1) is 7.53. The van der Waals surface area contributed by atoms with Crippen LogP contribution in [0, 0.1) is 0 Å². The molecule has 1 aromatic rings. The number of ether oxygens (including phenoxy) is 2. The molecule has 3 N–H and O–H groups in total. The largest absolute Gasteiger partial charge is 0.504 e. The SMILES string of the molecule is COc1cc(Cl)c(C2(N)CC2)c(O)c1OC. The standard InChI is InChI=1S/C11H14ClNO3/c1-15-7-5-6(12)8(11(13)3-4-11)9(14)10(7)16-2/h5,14H,3-4,13H2,1-2H3. The van der Waals surface area contributed by atoms with E-state index in [2.05, 4.69) is 0 Å². The van der Waals surface area contributed by atoms with Crippen molar-refractivity contribution in [2.75, 3.05) is 14.2 Å². The maximum Gasteiger partial charge on any atom is 0.203 e. The van der Waals surface area contributed by atoms with Crippen LogP contribution in [-0.4, -0.2) is 19.3 Å². The zero-order valence-corrected chi connectivity index (χ0v) is 9.97. The molecule has 16 heavy (non-hydrogen) atoms. The van der Waals surface area contributed by atoms with Crippen LogP contribution in [0.5, 0.6) is 17.2 Å². The number of aromatic hydroxyl groups is 1. The van der Waals surface area contributed by atoms with E-state index < -0.39 is 5.54 Å². The number of hydrogen-bond donors (Lipinski definition) is 2. The van der Waals surface area contributed by atoms with Crippen LogP contribution >= 0.6 is 11.6 Å². The van der Waals surface area contributed by atoms with E-state index in [9.17, 15) is 5.11 Å². The van der Waals surface area contributed by atoms with E-state index in [-0.39, 0.29) is 11.5 Å². The second-order valence-electron chi connectivity index (χ2n) is 3.97. The molecule has 0 spiro atoms. The summed E-state index contributed by atoms with van der Waals surface area (Å²) in [4.78, 5) is 0. The topological polar surface area (TPSA) is 64.7 Å². The monoisotopic (exact) mass is 243 g/mol. The van der Waals surface area contributed by atoms with Crippen LogP contribution in [0.2, 0.25) is 5.02 Å². The molecule has 1 aliphatic carbocycles. The molecule has 0 atom stereocenters. The first-order valence-electron chi connectivity index (χ1n) is 4.96. The third kappa shape index (κ3) is 1.58. The van der Waals surface area contributed by atoms with Gasteiger partial charge < -0.3 is 20.3 Å². The second-order valence-corrected chi connectivity index (χ2v) is 4.38. The summed E-state index contributed by atoms with van der Waals surface area (Å²) in [6.07, 6.45) is 1.63. The van der Waals surface area contributed by atoms with E-state index in [0.29, 0.717) is 16.3 Å². The highest BCUT2D eigenvalue weighted by Gasteiger charge is 2.45. The molecule has 0 bridgehead atoms. The number of rotatable bonds is 3. The van der Waals surface area contributed by atoms with E-state index >= 15 is 0 Å². The van der Waals surface area contributed by atoms with Crippen LogP contribution in [-0.2, 0) is 5.54 Å². The highest BCUT2D eigenvalue weighted by molar-refractivity contribution is 6.32. The van der Waals surface area contributed by atoms with Gasteiger partial charge in [0.2, 0.25) is 5.75 Å². The Labute approximate surface area is 98.9 Å². The summed E-state index contributed by atoms with van der Waals surface area (Å²) in [6.45, 7) is 0. The van der Waals surface area contributed by atoms with E-state index in [1.807, 2.05) is 0 Å². The van der Waals surface area contributed by atoms with Crippen LogP contribution < -0.4 is 15.2 Å². The predicted molar refractivity (Wildman–Crippen MR) is 61.3 cm³/mol. The van der Waals surface area contributed by atoms with Crippen molar-refractivity contribution in [3.63, 3.8) is 0 Å². The summed E-state index contributed by atoms with van der Waals surface area (Å²) in [5.41, 5.74) is 6.08. The van der Waals surface area contributed by atoms with Crippen LogP contribution in [0.4, 0.5) is 0 Å². The molecule has 0 unspecified atom stereocenters. The van der Waals surface area contributed by atoms with Crippen LogP contribution in [0.1, 0.15) is 18.4 Å². The fraction of sp³-hybridized carbons (Fsp3) is 0.455. The van der Waals surface area contributed by atoms with Gasteiger partial charge in [-0.3, -0.25) is 0 Å². The van der Waals surface area contributed by atoms with Crippen molar-refractivity contribution in [3.05, 3.63) is 16.7 Å². The van der Waals surface area contributed by atoms with Crippen molar-refractivity contribution in [1.29, 1.82) is 0 Å². The van der Waals surface area contributed by atoms with Crippen LogP contribution in [0.25, 0.3) is 0 Å². The van der Waals surface area contributed by atoms with E-state index in [0.717, 1.165) is 12.8 Å². The number of halogens is 1. The first kappa shape index (κ1) is 11.4. The van der Waals surface area contributed by atoms with Crippen LogP contribution in [0.15, 0.2) is 6.07 Å². The zero-order valence-electron chi connectivity index (χ0n) is 9.21. The van der Waals surface area contributed by atoms with Crippen LogP contribution in [0.3, 0.4) is 0 Å². The molecule has 0 saturated heterocycles. The third-order valence-corrected chi connectivity index (χ3v) is 3.18. The van der Waals surface area contributed by atoms with E-state index in [1.54, 1.807) is 6.07 Å². The number of methoxy groups -OCH3 is 2. The van der Waals surface area contributed by atoms with Gasteiger partial charge >= 0.3 is 0 Å².